The summed E-state index contributed by atoms with van der Waals surface area (Å²) in [6.45, 7) is 0.196. The Kier molecular flexibility index (Phi) is 6.20. The molecule has 0 spiro atoms. The molecule has 0 amide bonds. The lowest BCUT2D eigenvalue weighted by atomic mass is 10.2. The third-order valence-corrected chi connectivity index (χ3v) is 4.96. The molecular formula is C23H17ClN6O3. The maximum absolute atomic E-state index is 12.8. The normalized spacial score (nSPS) is 10.5. The number of rotatable bonds is 6. The molecule has 0 saturated heterocycles. The summed E-state index contributed by atoms with van der Waals surface area (Å²) in [6, 6.07) is 19.0. The largest absolute Gasteiger partial charge is 0.439 e. The highest BCUT2D eigenvalue weighted by Gasteiger charge is 2.12. The highest BCUT2D eigenvalue weighted by atomic mass is 35.5. The van der Waals surface area contributed by atoms with Crippen molar-refractivity contribution in [3.8, 4) is 17.7 Å². The smallest absolute Gasteiger partial charge is 0.354 e. The van der Waals surface area contributed by atoms with Crippen molar-refractivity contribution in [3.63, 3.8) is 0 Å². The number of hydrogen-bond acceptors (Lipinski definition) is 7. The Morgan fingerprint density at radius 2 is 1.82 bits per heavy atom. The zero-order chi connectivity index (χ0) is 23.4. The van der Waals surface area contributed by atoms with Crippen LogP contribution in [0.5, 0.6) is 11.6 Å². The number of aromatic nitrogens is 4. The van der Waals surface area contributed by atoms with Gasteiger partial charge in [-0.25, -0.2) is 19.1 Å². The van der Waals surface area contributed by atoms with Gasteiger partial charge in [-0.1, -0.05) is 23.7 Å². The van der Waals surface area contributed by atoms with Crippen molar-refractivity contribution in [2.75, 3.05) is 5.32 Å². The highest BCUT2D eigenvalue weighted by Crippen LogP contribution is 2.23. The molecule has 4 rings (SSSR count). The predicted octanol–water partition coefficient (Wildman–Crippen LogP) is 3.45. The molecule has 0 fully saturated rings. The van der Waals surface area contributed by atoms with E-state index < -0.39 is 11.4 Å². The van der Waals surface area contributed by atoms with Gasteiger partial charge in [0.2, 0.25) is 11.8 Å². The summed E-state index contributed by atoms with van der Waals surface area (Å²) in [4.78, 5) is 33.0. The number of pyridine rings is 1. The van der Waals surface area contributed by atoms with Crippen molar-refractivity contribution >= 4 is 23.2 Å². The van der Waals surface area contributed by atoms with Crippen LogP contribution in [0.4, 0.5) is 11.6 Å². The van der Waals surface area contributed by atoms with Crippen LogP contribution in [-0.4, -0.2) is 19.1 Å². The van der Waals surface area contributed by atoms with Gasteiger partial charge in [0, 0.05) is 30.0 Å². The molecule has 33 heavy (non-hydrogen) atoms. The Morgan fingerprint density at radius 1 is 1.09 bits per heavy atom. The van der Waals surface area contributed by atoms with E-state index in [1.54, 1.807) is 54.6 Å². The number of hydrogen-bond donors (Lipinski definition) is 1. The fourth-order valence-corrected chi connectivity index (χ4v) is 3.11. The lowest BCUT2D eigenvalue weighted by molar-refractivity contribution is 0.463. The molecule has 4 aromatic rings. The SMILES string of the molecule is Cn1c(=O)nc(Nc2ccc(Oc3cc(C#N)ccn3)cc2)n(Cc2ccc(Cl)cc2)c1=O. The average molecular weight is 461 g/mol. The second-order valence-corrected chi connectivity index (χ2v) is 7.45. The quantitative estimate of drug-likeness (QED) is 0.468. The first kappa shape index (κ1) is 21.8. The van der Waals surface area contributed by atoms with Crippen molar-refractivity contribution in [1.29, 1.82) is 5.26 Å². The number of halogens is 1. The Balaban J connectivity index is 1.59. The summed E-state index contributed by atoms with van der Waals surface area (Å²) in [7, 11) is 1.38. The monoisotopic (exact) mass is 460 g/mol. The first-order valence-electron chi connectivity index (χ1n) is 9.76. The van der Waals surface area contributed by atoms with Crippen LogP contribution in [-0.2, 0) is 13.6 Å². The van der Waals surface area contributed by atoms with Crippen molar-refractivity contribution in [3.05, 3.63) is 104 Å². The molecule has 0 unspecified atom stereocenters. The van der Waals surface area contributed by atoms with Gasteiger partial charge in [0.05, 0.1) is 18.2 Å². The van der Waals surface area contributed by atoms with Gasteiger partial charge in [0.25, 0.3) is 0 Å². The van der Waals surface area contributed by atoms with Crippen molar-refractivity contribution in [1.82, 2.24) is 19.1 Å². The van der Waals surface area contributed by atoms with E-state index in [9.17, 15) is 9.59 Å². The highest BCUT2D eigenvalue weighted by molar-refractivity contribution is 6.30. The van der Waals surface area contributed by atoms with E-state index in [-0.39, 0.29) is 12.5 Å². The van der Waals surface area contributed by atoms with Gasteiger partial charge in [0.15, 0.2) is 0 Å². The third kappa shape index (κ3) is 5.08. The fraction of sp³-hybridized carbons (Fsp3) is 0.0870. The van der Waals surface area contributed by atoms with Gasteiger partial charge in [0.1, 0.15) is 5.75 Å². The maximum Gasteiger partial charge on any atom is 0.354 e. The van der Waals surface area contributed by atoms with Crippen LogP contribution in [0.2, 0.25) is 5.02 Å². The molecule has 0 aliphatic carbocycles. The number of nitrogens with one attached hydrogen (secondary N) is 1. The maximum atomic E-state index is 12.8. The van der Waals surface area contributed by atoms with E-state index in [0.29, 0.717) is 27.9 Å². The van der Waals surface area contributed by atoms with Crippen LogP contribution in [0.3, 0.4) is 0 Å². The summed E-state index contributed by atoms with van der Waals surface area (Å²) < 4.78 is 7.98. The summed E-state index contributed by atoms with van der Waals surface area (Å²) in [6.07, 6.45) is 1.49. The lowest BCUT2D eigenvalue weighted by Crippen LogP contribution is -2.41. The molecule has 9 nitrogen and oxygen atoms in total. The number of nitriles is 1. The topological polar surface area (TPSA) is 115 Å². The zero-order valence-electron chi connectivity index (χ0n) is 17.4. The van der Waals surface area contributed by atoms with Crippen molar-refractivity contribution < 1.29 is 4.74 Å². The summed E-state index contributed by atoms with van der Waals surface area (Å²) in [5.74, 6) is 0.897. The van der Waals surface area contributed by atoms with E-state index >= 15 is 0 Å². The minimum Gasteiger partial charge on any atom is -0.439 e. The van der Waals surface area contributed by atoms with E-state index in [1.165, 1.54) is 23.9 Å². The first-order chi connectivity index (χ1) is 15.9. The standard InChI is InChI=1S/C23H17ClN6O3/c1-29-22(31)28-21(30(23(29)32)14-15-2-4-17(24)5-3-15)27-18-6-8-19(9-7-18)33-20-12-16(13-25)10-11-26-20/h2-12H,14H2,1H3,(H,27,28,31). The molecule has 10 heteroatoms. The average Bonchev–Trinajstić information content (AvgIpc) is 2.83. The zero-order valence-corrected chi connectivity index (χ0v) is 18.2. The van der Waals surface area contributed by atoms with Crippen molar-refractivity contribution in [2.45, 2.75) is 6.54 Å². The number of anilines is 2. The molecule has 0 aliphatic rings. The van der Waals surface area contributed by atoms with Crippen LogP contribution < -0.4 is 21.4 Å². The molecule has 0 saturated carbocycles. The van der Waals surface area contributed by atoms with Crippen LogP contribution in [0.15, 0.2) is 76.4 Å². The molecule has 2 aromatic carbocycles. The van der Waals surface area contributed by atoms with Gasteiger partial charge in [-0.15, -0.1) is 0 Å². The minimum atomic E-state index is -0.668. The molecule has 2 aromatic heterocycles. The summed E-state index contributed by atoms with van der Waals surface area (Å²) in [5.41, 5.74) is 0.676. The van der Waals surface area contributed by atoms with Gasteiger partial charge >= 0.3 is 11.4 Å². The molecule has 0 radical (unpaired) electrons. The Morgan fingerprint density at radius 3 is 2.52 bits per heavy atom. The first-order valence-corrected chi connectivity index (χ1v) is 10.1. The number of ether oxygens (including phenoxy) is 1. The lowest BCUT2D eigenvalue weighted by Gasteiger charge is -2.14. The van der Waals surface area contributed by atoms with Crippen molar-refractivity contribution in [2.24, 2.45) is 7.05 Å². The van der Waals surface area contributed by atoms with E-state index in [1.807, 2.05) is 6.07 Å². The number of benzene rings is 2. The van der Waals surface area contributed by atoms with Crippen LogP contribution in [0, 0.1) is 11.3 Å². The van der Waals surface area contributed by atoms with Gasteiger partial charge < -0.3 is 10.1 Å². The second-order valence-electron chi connectivity index (χ2n) is 7.02. The predicted molar refractivity (Wildman–Crippen MR) is 123 cm³/mol. The molecule has 0 bridgehead atoms. The van der Waals surface area contributed by atoms with Gasteiger partial charge in [-0.2, -0.15) is 10.2 Å². The molecule has 164 valence electrons. The molecule has 2 heterocycles. The van der Waals surface area contributed by atoms with Gasteiger partial charge in [-0.05, 0) is 48.0 Å². The Hall–Kier alpha value is -4.42. The second kappa shape index (κ2) is 9.38. The van der Waals surface area contributed by atoms with Crippen LogP contribution >= 0.6 is 11.6 Å². The summed E-state index contributed by atoms with van der Waals surface area (Å²) in [5, 5.41) is 12.6. The van der Waals surface area contributed by atoms with Crippen LogP contribution in [0.1, 0.15) is 11.1 Å². The molecule has 0 atom stereocenters. The van der Waals surface area contributed by atoms with Crippen LogP contribution in [0.25, 0.3) is 0 Å². The molecular weight excluding hydrogens is 444 g/mol. The van der Waals surface area contributed by atoms with Gasteiger partial charge in [-0.3, -0.25) is 4.57 Å². The van der Waals surface area contributed by atoms with E-state index in [4.69, 9.17) is 21.6 Å². The number of nitrogens with zero attached hydrogens (tertiary/aromatic N) is 5. The van der Waals surface area contributed by atoms with E-state index in [2.05, 4.69) is 15.3 Å². The minimum absolute atomic E-state index is 0.107. The molecule has 1 N–H and O–H groups in total. The third-order valence-electron chi connectivity index (χ3n) is 4.71. The summed E-state index contributed by atoms with van der Waals surface area (Å²) >= 11 is 5.94. The fourth-order valence-electron chi connectivity index (χ4n) is 2.98. The Labute approximate surface area is 193 Å². The van der Waals surface area contributed by atoms with E-state index in [0.717, 1.165) is 10.1 Å². The molecule has 0 aliphatic heterocycles. The Bertz CT molecular complexity index is 1450.